The lowest BCUT2D eigenvalue weighted by molar-refractivity contribution is 0.669. The van der Waals surface area contributed by atoms with Crippen molar-refractivity contribution in [2.75, 3.05) is 0 Å². The Bertz CT molecular complexity index is 10400. The Morgan fingerprint density at radius 1 is 0.187 bits per heavy atom. The first kappa shape index (κ1) is 74.3. The minimum Gasteiger partial charge on any atom is -0.456 e. The lowest BCUT2D eigenvalue weighted by Crippen LogP contribution is -1.99. The molecule has 8 aromatic heterocycles. The molecular formula is C124H72N8OS. The molecule has 22 aromatic carbocycles. The van der Waals surface area contributed by atoms with Gasteiger partial charge in [0.1, 0.15) is 11.2 Å². The van der Waals surface area contributed by atoms with Gasteiger partial charge in [-0.2, -0.15) is 0 Å². The van der Waals surface area contributed by atoms with Crippen molar-refractivity contribution in [3.63, 3.8) is 0 Å². The Hall–Kier alpha value is -17.7. The largest absolute Gasteiger partial charge is 0.456 e. The summed E-state index contributed by atoms with van der Waals surface area (Å²) in [4.78, 5) is 21.5. The van der Waals surface area contributed by atoms with Gasteiger partial charge in [0.2, 0.25) is 0 Å². The predicted molar refractivity (Wildman–Crippen MR) is 563 cm³/mol. The molecule has 0 saturated carbocycles. The molecule has 0 atom stereocenters. The van der Waals surface area contributed by atoms with Crippen LogP contribution < -0.4 is 0 Å². The zero-order valence-corrected chi connectivity index (χ0v) is 72.8. The molecule has 30 rings (SSSR count). The van der Waals surface area contributed by atoms with Crippen LogP contribution in [-0.2, 0) is 0 Å². The van der Waals surface area contributed by atoms with E-state index < -0.39 is 0 Å². The van der Waals surface area contributed by atoms with E-state index in [0.717, 1.165) is 133 Å². The molecule has 0 amide bonds. The van der Waals surface area contributed by atoms with Gasteiger partial charge in [0.05, 0.1) is 83.6 Å². The van der Waals surface area contributed by atoms with Crippen molar-refractivity contribution in [2.45, 2.75) is 0 Å². The summed E-state index contributed by atoms with van der Waals surface area (Å²) >= 11 is 1.83. The quantitative estimate of drug-likeness (QED) is 0.151. The molecule has 30 aromatic rings. The van der Waals surface area contributed by atoms with E-state index in [9.17, 15) is 0 Å². The molecule has 10 heteroatoms. The van der Waals surface area contributed by atoms with Gasteiger partial charge < -0.3 is 22.7 Å². The third-order valence-electron chi connectivity index (χ3n) is 28.1. The van der Waals surface area contributed by atoms with Crippen LogP contribution in [0.25, 0.3) is 284 Å². The number of fused-ring (bicyclic) bond motifs is 26. The maximum atomic E-state index is 6.36. The molecule has 0 spiro atoms. The van der Waals surface area contributed by atoms with Crippen molar-refractivity contribution in [3.05, 3.63) is 437 Å². The van der Waals surface area contributed by atoms with Crippen LogP contribution in [0.3, 0.4) is 0 Å². The van der Waals surface area contributed by atoms with E-state index in [2.05, 4.69) is 437 Å². The normalized spacial score (nSPS) is 12.2. The third kappa shape index (κ3) is 11.1. The monoisotopic (exact) mass is 1720 g/mol. The van der Waals surface area contributed by atoms with Gasteiger partial charge in [-0.1, -0.05) is 297 Å². The molecule has 0 aliphatic rings. The van der Waals surface area contributed by atoms with Gasteiger partial charge in [-0.3, -0.25) is 0 Å². The average molecular weight is 1720 g/mol. The molecule has 0 unspecified atom stereocenters. The number of hydrogen-bond acceptors (Lipinski definition) is 6. The molecule has 8 heterocycles. The van der Waals surface area contributed by atoms with Crippen LogP contribution >= 0.6 is 11.3 Å². The smallest absolute Gasteiger partial charge is 0.161 e. The minimum atomic E-state index is 0.679. The fourth-order valence-electron chi connectivity index (χ4n) is 22.2. The average Bonchev–Trinajstić information content (AvgIpc) is 1.55. The van der Waals surface area contributed by atoms with Crippen LogP contribution in [0.2, 0.25) is 0 Å². The first-order valence-electron chi connectivity index (χ1n) is 45.6. The standard InChI is InChI=1S/C62H36N4O.C62H36N4S/c1-2-16-38-35-56-49(33-37(38)15-1)42-18-4-9-28-53(42)66(56)55-29-11-17-39-34-50-43-19-5-8-27-52(43)65(57(50)36-48(39)55)54-30-13-22-40-41(54)23-12-24-44(40)62-63-51-26-7-3-20-45(51)61(64-62)47-25-14-32-59-60(47)46-21-6-10-31-58(46)67-59;1-2-15-38-35-56-50(33-37(38)14-1)44-19-5-9-26-54(44)66(56)55-27-12-17-40-34-51-43-18-4-8-25-53(43)65(57(51)36-49(40)55)41-30-31-42-39(32-41)16-11-22-45(42)62-63-52-24-7-3-20-46(52)61(64-62)48-23-13-29-59-60(48)47-21-6-10-28-58(47)67-59/h2*1-36H. The highest BCUT2D eigenvalue weighted by Gasteiger charge is 2.27. The molecule has 0 fully saturated rings. The molecule has 0 bridgehead atoms. The second kappa shape index (κ2) is 28.9. The molecule has 0 N–H and O–H groups in total. The summed E-state index contributed by atoms with van der Waals surface area (Å²) in [7, 11) is 0. The zero-order valence-electron chi connectivity index (χ0n) is 72.0. The van der Waals surface area contributed by atoms with Gasteiger partial charge in [-0.05, 0) is 188 Å². The van der Waals surface area contributed by atoms with Crippen molar-refractivity contribution in [3.8, 4) is 68.0 Å². The van der Waals surface area contributed by atoms with Gasteiger partial charge >= 0.3 is 0 Å². The fourth-order valence-corrected chi connectivity index (χ4v) is 23.4. The summed E-state index contributed by atoms with van der Waals surface area (Å²) in [6.07, 6.45) is 0. The maximum Gasteiger partial charge on any atom is 0.161 e. The number of aromatic nitrogens is 8. The number of rotatable bonds is 8. The highest BCUT2D eigenvalue weighted by molar-refractivity contribution is 7.26. The maximum absolute atomic E-state index is 6.36. The molecule has 0 aliphatic heterocycles. The lowest BCUT2D eigenvalue weighted by atomic mass is 9.99. The highest BCUT2D eigenvalue weighted by Crippen LogP contribution is 2.49. The molecular weight excluding hydrogens is 1650 g/mol. The molecule has 0 radical (unpaired) electrons. The number of furan rings is 1. The van der Waals surface area contributed by atoms with Crippen LogP contribution in [0.5, 0.6) is 0 Å². The van der Waals surface area contributed by atoms with Crippen LogP contribution in [0.4, 0.5) is 0 Å². The fraction of sp³-hybridized carbons (Fsp3) is 0. The number of thiophene rings is 1. The van der Waals surface area contributed by atoms with Crippen LogP contribution in [0.15, 0.2) is 441 Å². The van der Waals surface area contributed by atoms with Crippen LogP contribution in [0.1, 0.15) is 0 Å². The summed E-state index contributed by atoms with van der Waals surface area (Å²) in [5.74, 6) is 1.40. The SMILES string of the molecule is c1ccc2cc3c(cc2c1)c1ccccc1n3-c1cccc2cc3c4ccccc4n(-c4ccc5c(-c6nc(-c7cccc8sc9ccccc9c78)c7ccccc7n6)cccc5c4)c3cc12.c1ccc2cc3c(cc2c1)c1ccccc1n3-c1cccc2cc3c4ccccc4n(-c4cccc5c(-c6nc(-c7cccc8oc9ccccc9c78)c7ccccc7n6)cccc45)c3cc12. The van der Waals surface area contributed by atoms with Gasteiger partial charge in [0.25, 0.3) is 0 Å². The van der Waals surface area contributed by atoms with E-state index in [1.165, 1.54) is 145 Å². The van der Waals surface area contributed by atoms with E-state index in [-0.39, 0.29) is 0 Å². The third-order valence-corrected chi connectivity index (χ3v) is 29.3. The summed E-state index contributed by atoms with van der Waals surface area (Å²) in [5, 5.41) is 30.8. The van der Waals surface area contributed by atoms with Crippen LogP contribution in [0, 0.1) is 0 Å². The molecule has 620 valence electrons. The Morgan fingerprint density at radius 3 is 1.11 bits per heavy atom. The van der Waals surface area contributed by atoms with Gasteiger partial charge in [-0.15, -0.1) is 11.3 Å². The van der Waals surface area contributed by atoms with Crippen molar-refractivity contribution >= 4 is 227 Å². The van der Waals surface area contributed by atoms with Crippen molar-refractivity contribution in [2.24, 2.45) is 0 Å². The van der Waals surface area contributed by atoms with Gasteiger partial charge in [0.15, 0.2) is 11.6 Å². The Kier molecular flexibility index (Phi) is 16.0. The molecule has 134 heavy (non-hydrogen) atoms. The van der Waals surface area contributed by atoms with E-state index in [4.69, 9.17) is 24.4 Å². The van der Waals surface area contributed by atoms with Crippen molar-refractivity contribution in [1.82, 2.24) is 38.2 Å². The number of nitrogens with zero attached hydrogens (tertiary/aromatic N) is 8. The summed E-state index contributed by atoms with van der Waals surface area (Å²) in [5.41, 5.74) is 23.5. The van der Waals surface area contributed by atoms with E-state index in [1.54, 1.807) is 0 Å². The summed E-state index contributed by atoms with van der Waals surface area (Å²) < 4.78 is 18.7. The summed E-state index contributed by atoms with van der Waals surface area (Å²) in [6, 6.07) is 158. The Labute approximate surface area is 769 Å². The predicted octanol–water partition coefficient (Wildman–Crippen LogP) is 33.5. The van der Waals surface area contributed by atoms with E-state index >= 15 is 0 Å². The lowest BCUT2D eigenvalue weighted by Gasteiger charge is -2.16. The Morgan fingerprint density at radius 2 is 0.545 bits per heavy atom. The highest BCUT2D eigenvalue weighted by atomic mass is 32.1. The molecule has 9 nitrogen and oxygen atoms in total. The Balaban J connectivity index is 0.000000131. The number of para-hydroxylation sites is 7. The van der Waals surface area contributed by atoms with Crippen LogP contribution in [-0.4, -0.2) is 38.2 Å². The van der Waals surface area contributed by atoms with Crippen molar-refractivity contribution < 1.29 is 4.42 Å². The van der Waals surface area contributed by atoms with E-state index in [0.29, 0.717) is 5.82 Å². The minimum absolute atomic E-state index is 0.679. The molecule has 0 aliphatic carbocycles. The number of hydrogen-bond donors (Lipinski definition) is 0. The van der Waals surface area contributed by atoms with Gasteiger partial charge in [0, 0.05) is 129 Å². The van der Waals surface area contributed by atoms with Gasteiger partial charge in [-0.25, -0.2) is 19.9 Å². The van der Waals surface area contributed by atoms with E-state index in [1.807, 2.05) is 29.5 Å². The first-order chi connectivity index (χ1) is 66.4. The second-order valence-electron chi connectivity index (χ2n) is 35.3. The van der Waals surface area contributed by atoms with Crippen molar-refractivity contribution in [1.29, 1.82) is 0 Å². The summed E-state index contributed by atoms with van der Waals surface area (Å²) in [6.45, 7) is 0. The first-order valence-corrected chi connectivity index (χ1v) is 46.4. The second-order valence-corrected chi connectivity index (χ2v) is 36.4. The number of benzene rings is 22. The molecule has 0 saturated heterocycles. The zero-order chi connectivity index (χ0) is 87.5. The topological polar surface area (TPSA) is 84.4 Å².